The van der Waals surface area contributed by atoms with Crippen molar-refractivity contribution in [3.63, 3.8) is 0 Å². The summed E-state index contributed by atoms with van der Waals surface area (Å²) in [7, 11) is 1.64. The molecule has 2 fully saturated rings. The van der Waals surface area contributed by atoms with E-state index in [0.29, 0.717) is 53.8 Å². The SMILES string of the molecule is COc1cccc(CN(C(=O)C2=C(c3cnc(CCCOc4c(Cl)cc(C)c(C)c4Cl)s3)CC3CN(C(=O)OC(C)(C)C)CC2N3C(=O)OC(C)(C)C)C2CC2)c1C. The fourth-order valence-electron chi connectivity index (χ4n) is 7.53. The van der Waals surface area contributed by atoms with E-state index in [-0.39, 0.29) is 25.0 Å². The van der Waals surface area contributed by atoms with Crippen molar-refractivity contribution < 1.29 is 33.3 Å². The highest BCUT2D eigenvalue weighted by molar-refractivity contribution is 7.12. The molecule has 1 aromatic heterocycles. The molecular weight excluding hydrogens is 799 g/mol. The lowest BCUT2D eigenvalue weighted by Gasteiger charge is -2.51. The molecule has 2 aromatic carbocycles. The fraction of sp³-hybridized carbons (Fsp3) is 0.545. The molecule has 3 aromatic rings. The molecule has 2 unspecified atom stereocenters. The number of rotatable bonds is 11. The largest absolute Gasteiger partial charge is 0.496 e. The van der Waals surface area contributed by atoms with E-state index in [1.54, 1.807) is 16.9 Å². The lowest BCUT2D eigenvalue weighted by Crippen LogP contribution is -2.66. The number of fused-ring (bicyclic) bond motifs is 2. The Kier molecular flexibility index (Phi) is 13.0. The highest BCUT2D eigenvalue weighted by Gasteiger charge is 2.51. The Morgan fingerprint density at radius 2 is 1.66 bits per heavy atom. The van der Waals surface area contributed by atoms with E-state index in [2.05, 4.69) is 0 Å². The van der Waals surface area contributed by atoms with E-state index >= 15 is 4.79 Å². The summed E-state index contributed by atoms with van der Waals surface area (Å²) in [6.07, 6.45) is 4.18. The molecule has 3 amide bonds. The first kappa shape index (κ1) is 43.6. The van der Waals surface area contributed by atoms with E-state index in [0.717, 1.165) is 56.3 Å². The molecular formula is C44H56Cl2N4O7S. The van der Waals surface area contributed by atoms with Crippen LogP contribution < -0.4 is 9.47 Å². The number of nitrogens with zero attached hydrogens (tertiary/aromatic N) is 4. The fourth-order valence-corrected chi connectivity index (χ4v) is 9.22. The van der Waals surface area contributed by atoms with Crippen molar-refractivity contribution in [3.05, 3.63) is 78.2 Å². The Hall–Kier alpha value is -4.00. The molecule has 0 N–H and O–H groups in total. The van der Waals surface area contributed by atoms with Crippen LogP contribution in [0.25, 0.3) is 5.57 Å². The molecule has 1 aliphatic carbocycles. The minimum absolute atomic E-state index is 0.0291. The van der Waals surface area contributed by atoms with Gasteiger partial charge in [0, 0.05) is 43.9 Å². The predicted octanol–water partition coefficient (Wildman–Crippen LogP) is 9.97. The van der Waals surface area contributed by atoms with Gasteiger partial charge in [-0.25, -0.2) is 14.6 Å². The van der Waals surface area contributed by atoms with E-state index < -0.39 is 35.5 Å². The van der Waals surface area contributed by atoms with Crippen LogP contribution in [0.15, 0.2) is 36.0 Å². The van der Waals surface area contributed by atoms with Crippen LogP contribution in [0.2, 0.25) is 10.0 Å². The number of methoxy groups -OCH3 is 1. The Morgan fingerprint density at radius 3 is 2.31 bits per heavy atom. The zero-order chi connectivity index (χ0) is 42.3. The third kappa shape index (κ3) is 9.88. The summed E-state index contributed by atoms with van der Waals surface area (Å²) in [5.41, 5.74) is 3.67. The summed E-state index contributed by atoms with van der Waals surface area (Å²) < 4.78 is 23.5. The molecule has 58 heavy (non-hydrogen) atoms. The number of thiazole rings is 1. The molecule has 0 radical (unpaired) electrons. The maximum atomic E-state index is 15.4. The Balaban J connectivity index is 1.37. The smallest absolute Gasteiger partial charge is 0.411 e. The van der Waals surface area contributed by atoms with Gasteiger partial charge < -0.3 is 28.7 Å². The maximum Gasteiger partial charge on any atom is 0.411 e. The second-order valence-corrected chi connectivity index (χ2v) is 19.4. The first-order valence-corrected chi connectivity index (χ1v) is 21.5. The predicted molar refractivity (Wildman–Crippen MR) is 228 cm³/mol. The number of amides is 3. The van der Waals surface area contributed by atoms with Crippen molar-refractivity contribution in [1.82, 2.24) is 19.7 Å². The van der Waals surface area contributed by atoms with Crippen LogP contribution in [0.5, 0.6) is 11.5 Å². The lowest BCUT2D eigenvalue weighted by molar-refractivity contribution is -0.129. The minimum Gasteiger partial charge on any atom is -0.496 e. The van der Waals surface area contributed by atoms with Crippen molar-refractivity contribution in [3.8, 4) is 11.5 Å². The highest BCUT2D eigenvalue weighted by atomic mass is 35.5. The molecule has 2 bridgehead atoms. The minimum atomic E-state index is -0.795. The maximum absolute atomic E-state index is 15.4. The molecule has 3 aliphatic rings. The molecule has 11 nitrogen and oxygen atoms in total. The van der Waals surface area contributed by atoms with Gasteiger partial charge in [0.15, 0.2) is 5.75 Å². The number of carbonyl (C=O) groups is 3. The number of halogens is 2. The van der Waals surface area contributed by atoms with Crippen molar-refractivity contribution in [2.24, 2.45) is 0 Å². The summed E-state index contributed by atoms with van der Waals surface area (Å²) in [5.74, 6) is 1.06. The molecule has 3 heterocycles. The summed E-state index contributed by atoms with van der Waals surface area (Å²) in [4.78, 5) is 54.2. The summed E-state index contributed by atoms with van der Waals surface area (Å²) in [6, 6.07) is 6.48. The van der Waals surface area contributed by atoms with Crippen LogP contribution in [-0.4, -0.2) is 93.9 Å². The molecule has 6 rings (SSSR count). The zero-order valence-electron chi connectivity index (χ0n) is 35.3. The lowest BCUT2D eigenvalue weighted by atomic mass is 9.83. The summed E-state index contributed by atoms with van der Waals surface area (Å²) in [6.45, 7) is 17.9. The third-order valence-corrected chi connectivity index (χ3v) is 12.5. The highest BCUT2D eigenvalue weighted by Crippen LogP contribution is 2.44. The number of hydrogen-bond acceptors (Lipinski definition) is 9. The zero-order valence-corrected chi connectivity index (χ0v) is 37.6. The topological polar surface area (TPSA) is 111 Å². The number of ether oxygens (including phenoxy) is 4. The quantitative estimate of drug-likeness (QED) is 0.175. The van der Waals surface area contributed by atoms with E-state index in [4.69, 9.17) is 47.1 Å². The van der Waals surface area contributed by atoms with Gasteiger partial charge in [-0.05, 0) is 128 Å². The molecule has 314 valence electrons. The number of piperazine rings is 1. The Morgan fingerprint density at radius 1 is 0.966 bits per heavy atom. The first-order chi connectivity index (χ1) is 27.3. The van der Waals surface area contributed by atoms with Crippen LogP contribution in [0.4, 0.5) is 9.59 Å². The van der Waals surface area contributed by atoms with Crippen LogP contribution in [-0.2, 0) is 27.2 Å². The average molecular weight is 856 g/mol. The molecule has 2 aliphatic heterocycles. The number of hydrogen-bond donors (Lipinski definition) is 0. The van der Waals surface area contributed by atoms with Gasteiger partial charge in [-0.1, -0.05) is 35.3 Å². The van der Waals surface area contributed by atoms with E-state index in [1.807, 2.05) is 97.7 Å². The van der Waals surface area contributed by atoms with Crippen molar-refractivity contribution in [2.45, 2.75) is 130 Å². The number of aryl methyl sites for hydroxylation is 2. The number of carbonyl (C=O) groups excluding carboxylic acids is 3. The Bertz CT molecular complexity index is 2080. The normalized spacial score (nSPS) is 18.3. The second-order valence-electron chi connectivity index (χ2n) is 17.5. The van der Waals surface area contributed by atoms with Crippen LogP contribution in [0, 0.1) is 20.8 Å². The van der Waals surface area contributed by atoms with Crippen LogP contribution in [0.3, 0.4) is 0 Å². The van der Waals surface area contributed by atoms with Crippen LogP contribution >= 0.6 is 34.5 Å². The number of aromatic nitrogens is 1. The van der Waals surface area contributed by atoms with E-state index in [9.17, 15) is 9.59 Å². The Labute approximate surface area is 356 Å². The third-order valence-electron chi connectivity index (χ3n) is 10.7. The van der Waals surface area contributed by atoms with Gasteiger partial charge in [-0.15, -0.1) is 11.3 Å². The van der Waals surface area contributed by atoms with Gasteiger partial charge in [0.2, 0.25) is 0 Å². The molecule has 0 spiro atoms. The number of benzene rings is 2. The van der Waals surface area contributed by atoms with E-state index in [1.165, 1.54) is 11.3 Å². The van der Waals surface area contributed by atoms with Crippen LogP contribution in [0.1, 0.15) is 99.4 Å². The second kappa shape index (κ2) is 17.3. The van der Waals surface area contributed by atoms with Gasteiger partial charge >= 0.3 is 12.2 Å². The van der Waals surface area contributed by atoms with Gasteiger partial charge in [-0.3, -0.25) is 9.69 Å². The van der Waals surface area contributed by atoms with Gasteiger partial charge in [0.25, 0.3) is 5.91 Å². The average Bonchev–Trinajstić information content (AvgIpc) is 3.87. The molecule has 1 saturated carbocycles. The first-order valence-electron chi connectivity index (χ1n) is 19.9. The standard InChI is InChI=1S/C44H56Cl2N4O7S/c1-25-19-32(45)39(38(46)26(25)2)55-18-12-15-36-47-21-35(58-36)31-20-30-23-48(41(52)56-43(4,5)6)24-33(50(30)42(53)57-44(7,8)9)37(31)40(51)49(29-16-17-29)22-28-13-11-14-34(54-10)27(28)3/h11,13-14,19,21,29-30,33H,12,15-18,20,22-24H2,1-10H3. The molecule has 2 atom stereocenters. The van der Waals surface area contributed by atoms with Crippen molar-refractivity contribution >= 4 is 58.2 Å². The van der Waals surface area contributed by atoms with Gasteiger partial charge in [-0.2, -0.15) is 0 Å². The summed E-state index contributed by atoms with van der Waals surface area (Å²) in [5, 5.41) is 1.88. The molecule has 1 saturated heterocycles. The van der Waals surface area contributed by atoms with Gasteiger partial charge in [0.1, 0.15) is 17.0 Å². The van der Waals surface area contributed by atoms with Gasteiger partial charge in [0.05, 0.1) is 45.7 Å². The van der Waals surface area contributed by atoms with Crippen molar-refractivity contribution in [2.75, 3.05) is 26.8 Å². The molecule has 14 heteroatoms. The monoisotopic (exact) mass is 854 g/mol. The summed E-state index contributed by atoms with van der Waals surface area (Å²) >= 11 is 14.6. The van der Waals surface area contributed by atoms with Crippen molar-refractivity contribution in [1.29, 1.82) is 0 Å².